The third-order valence-corrected chi connectivity index (χ3v) is 13.8. The van der Waals surface area contributed by atoms with E-state index in [0.29, 0.717) is 12.3 Å². The topological polar surface area (TPSA) is 99.4 Å². The van der Waals surface area contributed by atoms with E-state index in [1.807, 2.05) is 79.1 Å². The molecule has 326 valence electrons. The first kappa shape index (κ1) is 43.1. The van der Waals surface area contributed by atoms with Crippen LogP contribution >= 0.6 is 0 Å². The Morgan fingerprint density at radius 3 is 1.44 bits per heavy atom. The van der Waals surface area contributed by atoms with Gasteiger partial charge in [0, 0.05) is 12.6 Å². The van der Waals surface area contributed by atoms with Gasteiger partial charge >= 0.3 is 0 Å². The summed E-state index contributed by atoms with van der Waals surface area (Å²) in [5.41, 5.74) is 5.15. The highest BCUT2D eigenvalue weighted by Gasteiger charge is 2.44. The lowest BCUT2D eigenvalue weighted by Crippen LogP contribution is -2.59. The summed E-state index contributed by atoms with van der Waals surface area (Å²) in [6.45, 7) is 0. The van der Waals surface area contributed by atoms with Crippen molar-refractivity contribution in [2.45, 2.75) is 93.2 Å². The Labute approximate surface area is 378 Å². The van der Waals surface area contributed by atoms with Gasteiger partial charge in [-0.25, -0.2) is 4.98 Å². The Hall–Kier alpha value is -6.12. The number of aliphatic hydroxyl groups excluding tert-OH is 2. The molecule has 4 N–H and O–H groups in total. The van der Waals surface area contributed by atoms with Crippen molar-refractivity contribution >= 4 is 5.91 Å². The smallest absolute Gasteiger partial charge is 0.237 e. The minimum atomic E-state index is -1.08. The number of imidazole rings is 1. The van der Waals surface area contributed by atoms with E-state index in [-0.39, 0.29) is 18.2 Å². The summed E-state index contributed by atoms with van der Waals surface area (Å²) in [5.74, 6) is 0.172. The van der Waals surface area contributed by atoms with Crippen LogP contribution in [0, 0.1) is 11.8 Å². The van der Waals surface area contributed by atoms with Crippen LogP contribution < -0.4 is 10.6 Å². The standard InChI is InChI=1S/C57H60N4O3/c62-53(43-36-37-43)54(63)51(38-42-22-8-1-9-23-42)59-55(64)52(60-56(44-24-10-2-11-25-44,45-26-12-3-13-27-45)46-28-14-4-15-29-46)39-50-40-61(41-58-50)57(47-30-16-5-17-31-47,48-32-18-6-19-33-48)49-34-20-7-21-35-49/h2-7,10-21,24-35,40-43,51-54,60,62-63H,1,8-9,22-23,36-39H2,(H,59,64)/t51-,52?,53?,54-/m0/s1. The molecule has 7 heteroatoms. The van der Waals surface area contributed by atoms with Gasteiger partial charge in [0.25, 0.3) is 0 Å². The van der Waals surface area contributed by atoms with E-state index in [4.69, 9.17) is 4.98 Å². The second kappa shape index (κ2) is 19.7. The van der Waals surface area contributed by atoms with Crippen molar-refractivity contribution in [1.82, 2.24) is 20.2 Å². The van der Waals surface area contributed by atoms with Crippen LogP contribution in [0.3, 0.4) is 0 Å². The molecule has 0 bridgehead atoms. The molecule has 2 saturated carbocycles. The maximum absolute atomic E-state index is 15.6. The summed E-state index contributed by atoms with van der Waals surface area (Å²) < 4.78 is 2.19. The minimum Gasteiger partial charge on any atom is -0.390 e. The highest BCUT2D eigenvalue weighted by Crippen LogP contribution is 2.42. The summed E-state index contributed by atoms with van der Waals surface area (Å²) >= 11 is 0. The Morgan fingerprint density at radius 1 is 0.594 bits per heavy atom. The minimum absolute atomic E-state index is 0.0552. The number of aliphatic hydroxyl groups is 2. The first-order valence-corrected chi connectivity index (χ1v) is 23.3. The number of hydrogen-bond donors (Lipinski definition) is 4. The van der Waals surface area contributed by atoms with Crippen molar-refractivity contribution in [1.29, 1.82) is 0 Å². The molecule has 6 aromatic carbocycles. The number of amides is 1. The van der Waals surface area contributed by atoms with Crippen LogP contribution in [0.2, 0.25) is 0 Å². The average Bonchev–Trinajstić information content (AvgIpc) is 4.12. The third kappa shape index (κ3) is 8.98. The molecular weight excluding hydrogens is 789 g/mol. The van der Waals surface area contributed by atoms with E-state index in [2.05, 4.69) is 131 Å². The summed E-state index contributed by atoms with van der Waals surface area (Å²) in [4.78, 5) is 20.7. The lowest BCUT2D eigenvalue weighted by molar-refractivity contribution is -0.126. The fraction of sp³-hybridized carbons (Fsp3) is 0.298. The van der Waals surface area contributed by atoms with E-state index >= 15 is 4.79 Å². The zero-order valence-electron chi connectivity index (χ0n) is 36.5. The first-order valence-electron chi connectivity index (χ1n) is 23.3. The van der Waals surface area contributed by atoms with Gasteiger partial charge in [-0.1, -0.05) is 214 Å². The van der Waals surface area contributed by atoms with Crippen LogP contribution in [0.15, 0.2) is 195 Å². The third-order valence-electron chi connectivity index (χ3n) is 13.8. The number of benzene rings is 6. The van der Waals surface area contributed by atoms with E-state index in [0.717, 1.165) is 77.6 Å². The fourth-order valence-electron chi connectivity index (χ4n) is 10.4. The van der Waals surface area contributed by atoms with Gasteiger partial charge in [-0.15, -0.1) is 0 Å². The van der Waals surface area contributed by atoms with Gasteiger partial charge in [0.1, 0.15) is 11.6 Å². The fourth-order valence-corrected chi connectivity index (χ4v) is 10.4. The molecule has 2 aliphatic rings. The predicted octanol–water partition coefficient (Wildman–Crippen LogP) is 9.80. The van der Waals surface area contributed by atoms with Crippen molar-refractivity contribution in [2.75, 3.05) is 0 Å². The van der Waals surface area contributed by atoms with Crippen LogP contribution in [0.5, 0.6) is 0 Å². The molecule has 2 aliphatic carbocycles. The molecule has 2 unspecified atom stereocenters. The van der Waals surface area contributed by atoms with Gasteiger partial charge in [-0.2, -0.15) is 0 Å². The molecular formula is C57H60N4O3. The summed E-state index contributed by atoms with van der Waals surface area (Å²) in [6, 6.07) is 61.1. The van der Waals surface area contributed by atoms with E-state index in [1.165, 1.54) is 6.42 Å². The summed E-state index contributed by atoms with van der Waals surface area (Å²) in [6.07, 6.45) is 10.3. The van der Waals surface area contributed by atoms with Crippen molar-refractivity contribution in [2.24, 2.45) is 11.8 Å². The number of nitrogens with one attached hydrogen (secondary N) is 2. The predicted molar refractivity (Wildman–Crippen MR) is 255 cm³/mol. The van der Waals surface area contributed by atoms with E-state index < -0.39 is 35.4 Å². The Balaban J connectivity index is 1.18. The van der Waals surface area contributed by atoms with Crippen LogP contribution in [0.25, 0.3) is 0 Å². The van der Waals surface area contributed by atoms with Crippen molar-refractivity contribution in [3.63, 3.8) is 0 Å². The van der Waals surface area contributed by atoms with Crippen molar-refractivity contribution < 1.29 is 15.0 Å². The number of nitrogens with zero attached hydrogens (tertiary/aromatic N) is 2. The molecule has 4 atom stereocenters. The number of aromatic nitrogens is 2. The molecule has 7 aromatic rings. The second-order valence-electron chi connectivity index (χ2n) is 18.0. The highest BCUT2D eigenvalue weighted by atomic mass is 16.3. The lowest BCUT2D eigenvalue weighted by atomic mass is 9.76. The average molecular weight is 849 g/mol. The zero-order chi connectivity index (χ0) is 43.8. The molecule has 0 aliphatic heterocycles. The largest absolute Gasteiger partial charge is 0.390 e. The van der Waals surface area contributed by atoms with Crippen LogP contribution in [-0.4, -0.2) is 50.0 Å². The number of rotatable bonds is 18. The van der Waals surface area contributed by atoms with Crippen LogP contribution in [0.4, 0.5) is 0 Å². The molecule has 0 radical (unpaired) electrons. The monoisotopic (exact) mass is 848 g/mol. The number of carbonyl (C=O) groups is 1. The summed E-state index contributed by atoms with van der Waals surface area (Å²) in [7, 11) is 0. The van der Waals surface area contributed by atoms with Gasteiger partial charge < -0.3 is 20.1 Å². The molecule has 1 amide bonds. The van der Waals surface area contributed by atoms with Gasteiger partial charge in [0.05, 0.1) is 35.7 Å². The maximum Gasteiger partial charge on any atom is 0.237 e. The lowest BCUT2D eigenvalue weighted by Gasteiger charge is -2.40. The normalized spacial score (nSPS) is 16.7. The first-order chi connectivity index (χ1) is 31.5. The van der Waals surface area contributed by atoms with E-state index in [1.54, 1.807) is 0 Å². The SMILES string of the molecule is O=C(N[C@@H](CC1CCCCC1)[C@H](O)C(O)C1CC1)C(Cc1cn(C(c2ccccc2)(c2ccccc2)c2ccccc2)cn1)NC(c1ccccc1)(c1ccccc1)c1ccccc1. The van der Waals surface area contributed by atoms with Gasteiger partial charge in [0.2, 0.25) is 5.91 Å². The molecule has 1 aromatic heterocycles. The number of carbonyl (C=O) groups excluding carboxylic acids is 1. The Kier molecular flexibility index (Phi) is 13.3. The van der Waals surface area contributed by atoms with Crippen LogP contribution in [0.1, 0.15) is 90.4 Å². The highest BCUT2D eigenvalue weighted by molar-refractivity contribution is 5.83. The molecule has 0 spiro atoms. The zero-order valence-corrected chi connectivity index (χ0v) is 36.5. The number of hydrogen-bond acceptors (Lipinski definition) is 5. The molecule has 64 heavy (non-hydrogen) atoms. The van der Waals surface area contributed by atoms with Gasteiger partial charge in [-0.05, 0) is 64.5 Å². The van der Waals surface area contributed by atoms with Gasteiger partial charge in [0.15, 0.2) is 0 Å². The van der Waals surface area contributed by atoms with E-state index in [9.17, 15) is 10.2 Å². The molecule has 7 nitrogen and oxygen atoms in total. The molecule has 1 heterocycles. The van der Waals surface area contributed by atoms with Crippen molar-refractivity contribution in [3.8, 4) is 0 Å². The maximum atomic E-state index is 15.6. The quantitative estimate of drug-likeness (QED) is 0.0645. The Bertz CT molecular complexity index is 2310. The summed E-state index contributed by atoms with van der Waals surface area (Å²) in [5, 5.41) is 30.7. The van der Waals surface area contributed by atoms with Crippen molar-refractivity contribution in [3.05, 3.63) is 234 Å². The molecule has 9 rings (SSSR count). The Morgan fingerprint density at radius 2 is 1.02 bits per heavy atom. The molecule has 0 saturated heterocycles. The van der Waals surface area contributed by atoms with Crippen LogP contribution in [-0.2, 0) is 22.3 Å². The second-order valence-corrected chi connectivity index (χ2v) is 18.0. The molecule has 2 fully saturated rings. The van der Waals surface area contributed by atoms with Gasteiger partial charge in [-0.3, -0.25) is 10.1 Å².